The summed E-state index contributed by atoms with van der Waals surface area (Å²) in [5.41, 5.74) is 1.88. The first-order valence-corrected chi connectivity index (χ1v) is 9.42. The van der Waals surface area contributed by atoms with Gasteiger partial charge in [0.2, 0.25) is 0 Å². The molecule has 1 aromatic heterocycles. The van der Waals surface area contributed by atoms with Gasteiger partial charge in [-0.25, -0.2) is 4.39 Å². The largest absolute Gasteiger partial charge is 0.497 e. The number of halogens is 4. The van der Waals surface area contributed by atoms with E-state index in [0.717, 1.165) is 47.3 Å². The van der Waals surface area contributed by atoms with Crippen molar-refractivity contribution in [2.24, 2.45) is 0 Å². The van der Waals surface area contributed by atoms with Gasteiger partial charge in [0, 0.05) is 23.5 Å². The Kier molecular flexibility index (Phi) is 6.30. The van der Waals surface area contributed by atoms with Gasteiger partial charge in [-0.2, -0.15) is 13.2 Å². The normalized spacial score (nSPS) is 11.7. The Morgan fingerprint density at radius 2 is 1.62 bits per heavy atom. The molecule has 0 fully saturated rings. The first kappa shape index (κ1) is 21.0. The van der Waals surface area contributed by atoms with E-state index in [1.54, 1.807) is 7.11 Å². The van der Waals surface area contributed by atoms with Crippen molar-refractivity contribution in [3.63, 3.8) is 0 Å². The van der Waals surface area contributed by atoms with Gasteiger partial charge in [-0.15, -0.1) is 0 Å². The van der Waals surface area contributed by atoms with Crippen LogP contribution in [0.2, 0.25) is 0 Å². The molecule has 0 N–H and O–H groups in total. The lowest BCUT2D eigenvalue weighted by molar-refractivity contribution is -0.138. The fourth-order valence-corrected chi connectivity index (χ4v) is 3.53. The van der Waals surface area contributed by atoms with Crippen molar-refractivity contribution in [1.82, 2.24) is 4.57 Å². The molecule has 3 aromatic rings. The summed E-state index contributed by atoms with van der Waals surface area (Å²) in [6.07, 6.45) is -3.46. The van der Waals surface area contributed by atoms with Crippen molar-refractivity contribution < 1.29 is 22.3 Å². The minimum atomic E-state index is -4.57. The standard InChI is InChI=1S/C23H23F4NO/c1-16-6-9-18(28(16)15-14-17-7-11-19(29-2)12-8-17)10-13-20-21(23(25,26)27)4-3-5-22(20)24/h3-9,11-12H,10,13-15H2,1-2H3. The van der Waals surface area contributed by atoms with Crippen LogP contribution in [0, 0.1) is 12.7 Å². The molecule has 0 radical (unpaired) electrons. The summed E-state index contributed by atoms with van der Waals surface area (Å²) in [7, 11) is 1.62. The number of methoxy groups -OCH3 is 1. The molecule has 0 bridgehead atoms. The molecule has 0 saturated carbocycles. The van der Waals surface area contributed by atoms with Crippen LogP contribution < -0.4 is 4.74 Å². The van der Waals surface area contributed by atoms with Crippen molar-refractivity contribution in [3.05, 3.63) is 88.5 Å². The third-order valence-corrected chi connectivity index (χ3v) is 5.13. The highest BCUT2D eigenvalue weighted by atomic mass is 19.4. The van der Waals surface area contributed by atoms with Crippen LogP contribution in [-0.4, -0.2) is 11.7 Å². The average molecular weight is 405 g/mol. The maximum absolute atomic E-state index is 14.1. The van der Waals surface area contributed by atoms with Crippen molar-refractivity contribution in [1.29, 1.82) is 0 Å². The molecule has 0 saturated heterocycles. The lowest BCUT2D eigenvalue weighted by Crippen LogP contribution is -2.13. The van der Waals surface area contributed by atoms with E-state index in [-0.39, 0.29) is 12.0 Å². The maximum atomic E-state index is 14.1. The Morgan fingerprint density at radius 3 is 2.28 bits per heavy atom. The van der Waals surface area contributed by atoms with E-state index in [2.05, 4.69) is 4.57 Å². The number of benzene rings is 2. The van der Waals surface area contributed by atoms with Gasteiger partial charge in [0.05, 0.1) is 12.7 Å². The number of nitrogens with zero attached hydrogens (tertiary/aromatic N) is 1. The van der Waals surface area contributed by atoms with Crippen LogP contribution in [-0.2, 0) is 32.0 Å². The molecule has 1 heterocycles. The highest BCUT2D eigenvalue weighted by molar-refractivity contribution is 5.32. The van der Waals surface area contributed by atoms with Gasteiger partial charge in [-0.3, -0.25) is 0 Å². The zero-order chi connectivity index (χ0) is 21.0. The van der Waals surface area contributed by atoms with E-state index in [9.17, 15) is 17.6 Å². The van der Waals surface area contributed by atoms with Gasteiger partial charge in [0.25, 0.3) is 0 Å². The Morgan fingerprint density at radius 1 is 0.897 bits per heavy atom. The third kappa shape index (κ3) is 5.00. The van der Waals surface area contributed by atoms with Gasteiger partial charge in [-0.05, 0) is 68.1 Å². The van der Waals surface area contributed by atoms with Crippen molar-refractivity contribution >= 4 is 0 Å². The Bertz CT molecular complexity index is 958. The predicted molar refractivity (Wildman–Crippen MR) is 105 cm³/mol. The maximum Gasteiger partial charge on any atom is 0.416 e. The molecule has 29 heavy (non-hydrogen) atoms. The molecule has 0 unspecified atom stereocenters. The average Bonchev–Trinajstić information content (AvgIpc) is 3.04. The molecule has 154 valence electrons. The Hall–Kier alpha value is -2.76. The Labute approximate surface area is 167 Å². The molecule has 3 rings (SSSR count). The summed E-state index contributed by atoms with van der Waals surface area (Å²) in [4.78, 5) is 0. The number of rotatable bonds is 7. The van der Waals surface area contributed by atoms with Gasteiger partial charge >= 0.3 is 6.18 Å². The molecule has 0 aliphatic carbocycles. The molecule has 0 amide bonds. The lowest BCUT2D eigenvalue weighted by Gasteiger charge is -2.15. The topological polar surface area (TPSA) is 14.2 Å². The molecule has 2 nitrogen and oxygen atoms in total. The first-order chi connectivity index (χ1) is 13.8. The Balaban J connectivity index is 1.74. The summed E-state index contributed by atoms with van der Waals surface area (Å²) in [6, 6.07) is 14.7. The van der Waals surface area contributed by atoms with Crippen molar-refractivity contribution in [2.75, 3.05) is 7.11 Å². The highest BCUT2D eigenvalue weighted by Gasteiger charge is 2.34. The molecule has 0 aliphatic heterocycles. The van der Waals surface area contributed by atoms with E-state index in [1.165, 1.54) is 0 Å². The summed E-state index contributed by atoms with van der Waals surface area (Å²) >= 11 is 0. The fraction of sp³-hybridized carbons (Fsp3) is 0.304. The molecule has 0 atom stereocenters. The van der Waals surface area contributed by atoms with E-state index in [0.29, 0.717) is 13.0 Å². The van der Waals surface area contributed by atoms with Crippen LogP contribution in [0.5, 0.6) is 5.75 Å². The number of alkyl halides is 3. The summed E-state index contributed by atoms with van der Waals surface area (Å²) in [5, 5.41) is 0. The number of aryl methyl sites for hydroxylation is 3. The zero-order valence-electron chi connectivity index (χ0n) is 16.4. The molecule has 6 heteroatoms. The molecule has 0 aliphatic rings. The summed E-state index contributed by atoms with van der Waals surface area (Å²) in [5.74, 6) is -0.0233. The first-order valence-electron chi connectivity index (χ1n) is 9.42. The monoisotopic (exact) mass is 405 g/mol. The number of hydrogen-bond donors (Lipinski definition) is 0. The smallest absolute Gasteiger partial charge is 0.416 e. The second-order valence-corrected chi connectivity index (χ2v) is 6.98. The molecule has 0 spiro atoms. The van der Waals surface area contributed by atoms with Crippen LogP contribution in [0.1, 0.15) is 28.1 Å². The SMILES string of the molecule is COc1ccc(CCn2c(C)ccc2CCc2c(F)cccc2C(F)(F)F)cc1. The fourth-order valence-electron chi connectivity index (χ4n) is 3.53. The second-order valence-electron chi connectivity index (χ2n) is 6.98. The summed E-state index contributed by atoms with van der Waals surface area (Å²) < 4.78 is 61.0. The van der Waals surface area contributed by atoms with Gasteiger partial charge in [0.15, 0.2) is 0 Å². The van der Waals surface area contributed by atoms with Gasteiger partial charge < -0.3 is 9.30 Å². The van der Waals surface area contributed by atoms with E-state index >= 15 is 0 Å². The minimum Gasteiger partial charge on any atom is -0.497 e. The van der Waals surface area contributed by atoms with Crippen LogP contribution in [0.15, 0.2) is 54.6 Å². The molecule has 2 aromatic carbocycles. The van der Waals surface area contributed by atoms with Gasteiger partial charge in [0.1, 0.15) is 11.6 Å². The molecular weight excluding hydrogens is 382 g/mol. The van der Waals surface area contributed by atoms with Crippen LogP contribution in [0.25, 0.3) is 0 Å². The highest BCUT2D eigenvalue weighted by Crippen LogP contribution is 2.33. The summed E-state index contributed by atoms with van der Waals surface area (Å²) in [6.45, 7) is 2.66. The van der Waals surface area contributed by atoms with E-state index in [4.69, 9.17) is 4.74 Å². The van der Waals surface area contributed by atoms with Crippen molar-refractivity contribution in [2.45, 2.75) is 38.9 Å². The minimum absolute atomic E-state index is 0.00644. The van der Waals surface area contributed by atoms with E-state index < -0.39 is 17.6 Å². The molecular formula is C23H23F4NO. The number of ether oxygens (including phenoxy) is 1. The number of hydrogen-bond acceptors (Lipinski definition) is 1. The zero-order valence-corrected chi connectivity index (χ0v) is 16.4. The van der Waals surface area contributed by atoms with Crippen LogP contribution in [0.3, 0.4) is 0 Å². The second kappa shape index (κ2) is 8.72. The van der Waals surface area contributed by atoms with E-state index in [1.807, 2.05) is 43.3 Å². The quantitative estimate of drug-likeness (QED) is 0.441. The van der Waals surface area contributed by atoms with Crippen LogP contribution >= 0.6 is 0 Å². The lowest BCUT2D eigenvalue weighted by atomic mass is 10.0. The van der Waals surface area contributed by atoms with Crippen LogP contribution in [0.4, 0.5) is 17.6 Å². The predicted octanol–water partition coefficient (Wildman–Crippen LogP) is 5.99. The third-order valence-electron chi connectivity index (χ3n) is 5.13. The van der Waals surface area contributed by atoms with Crippen molar-refractivity contribution in [3.8, 4) is 5.75 Å². The number of aromatic nitrogens is 1. The van der Waals surface area contributed by atoms with Gasteiger partial charge in [-0.1, -0.05) is 18.2 Å².